The lowest BCUT2D eigenvalue weighted by Gasteiger charge is -2.17. The fourth-order valence-corrected chi connectivity index (χ4v) is 1.93. The molecule has 0 bridgehead atoms. The first-order valence-electron chi connectivity index (χ1n) is 6.28. The van der Waals surface area contributed by atoms with Gasteiger partial charge in [0.1, 0.15) is 5.75 Å². The number of aromatic nitrogens is 1. The van der Waals surface area contributed by atoms with Crippen LogP contribution in [0, 0.1) is 0 Å². The van der Waals surface area contributed by atoms with Crippen LogP contribution < -0.4 is 4.74 Å². The smallest absolute Gasteiger partial charge is 0.405 e. The molecule has 1 aromatic carbocycles. The molecule has 0 N–H and O–H groups in total. The number of hydrogen-bond acceptors (Lipinski definition) is 2. The Labute approximate surface area is 133 Å². The van der Waals surface area contributed by atoms with E-state index in [9.17, 15) is 39.5 Å². The minimum atomic E-state index is -5.28. The largest absolute Gasteiger partial charge is 0.573 e. The Hall–Kier alpha value is -2.46. The molecule has 0 saturated heterocycles. The minimum absolute atomic E-state index is 0.106. The van der Waals surface area contributed by atoms with E-state index >= 15 is 0 Å². The highest BCUT2D eigenvalue weighted by Crippen LogP contribution is 2.42. The van der Waals surface area contributed by atoms with Gasteiger partial charge in [-0.1, -0.05) is 12.1 Å². The van der Waals surface area contributed by atoms with Crippen LogP contribution in [-0.4, -0.2) is 11.3 Å². The maximum absolute atomic E-state index is 13.1. The van der Waals surface area contributed by atoms with Gasteiger partial charge >= 0.3 is 18.7 Å². The number of para-hydroxylation sites is 1. The molecule has 0 aliphatic heterocycles. The SMILES string of the molecule is FC(F)(F)Oc1ccccc1-c1ncc(C(F)(F)F)cc1C(F)(F)F. The number of pyridine rings is 1. The van der Waals surface area contributed by atoms with Gasteiger partial charge in [0.2, 0.25) is 0 Å². The predicted octanol–water partition coefficient (Wildman–Crippen LogP) is 5.68. The third kappa shape index (κ3) is 4.54. The molecule has 0 fully saturated rings. The molecule has 11 heteroatoms. The second-order valence-electron chi connectivity index (χ2n) is 4.66. The van der Waals surface area contributed by atoms with Crippen molar-refractivity contribution >= 4 is 0 Å². The Kier molecular flexibility index (Phi) is 4.62. The van der Waals surface area contributed by atoms with Crippen LogP contribution in [0.25, 0.3) is 11.3 Å². The second kappa shape index (κ2) is 6.12. The van der Waals surface area contributed by atoms with E-state index in [2.05, 4.69) is 9.72 Å². The van der Waals surface area contributed by atoms with Gasteiger partial charge in [-0.15, -0.1) is 13.2 Å². The van der Waals surface area contributed by atoms with Gasteiger partial charge in [0.05, 0.1) is 16.8 Å². The van der Waals surface area contributed by atoms with Crippen molar-refractivity contribution in [2.75, 3.05) is 0 Å². The Morgan fingerprint density at radius 2 is 1.40 bits per heavy atom. The van der Waals surface area contributed by atoms with Crippen molar-refractivity contribution in [2.24, 2.45) is 0 Å². The van der Waals surface area contributed by atoms with Crippen molar-refractivity contribution in [3.8, 4) is 17.0 Å². The Morgan fingerprint density at radius 3 is 1.92 bits per heavy atom. The summed E-state index contributed by atoms with van der Waals surface area (Å²) in [6, 6.07) is 3.49. The summed E-state index contributed by atoms with van der Waals surface area (Å²) < 4.78 is 118. The van der Waals surface area contributed by atoms with Crippen molar-refractivity contribution in [1.82, 2.24) is 4.98 Å². The Bertz CT molecular complexity index is 762. The summed E-state index contributed by atoms with van der Waals surface area (Å²) in [6.07, 6.45) is -15.5. The summed E-state index contributed by atoms with van der Waals surface area (Å²) in [5.74, 6) is -1.02. The van der Waals surface area contributed by atoms with Gasteiger partial charge < -0.3 is 4.74 Å². The van der Waals surface area contributed by atoms with Crippen LogP contribution in [-0.2, 0) is 12.4 Å². The molecule has 136 valence electrons. The van der Waals surface area contributed by atoms with E-state index in [1.807, 2.05) is 0 Å². The van der Waals surface area contributed by atoms with Gasteiger partial charge in [0, 0.05) is 11.8 Å². The first-order valence-corrected chi connectivity index (χ1v) is 6.28. The van der Waals surface area contributed by atoms with E-state index < -0.39 is 46.8 Å². The van der Waals surface area contributed by atoms with Gasteiger partial charge in [-0.25, -0.2) is 0 Å². The average molecular weight is 375 g/mol. The minimum Gasteiger partial charge on any atom is -0.405 e. The van der Waals surface area contributed by atoms with Gasteiger partial charge in [-0.05, 0) is 18.2 Å². The molecule has 2 nitrogen and oxygen atoms in total. The summed E-state index contributed by atoms with van der Waals surface area (Å²) in [6.45, 7) is 0. The Morgan fingerprint density at radius 1 is 0.800 bits per heavy atom. The number of ether oxygens (including phenoxy) is 1. The first-order chi connectivity index (χ1) is 11.3. The van der Waals surface area contributed by atoms with Crippen molar-refractivity contribution in [3.63, 3.8) is 0 Å². The van der Waals surface area contributed by atoms with E-state index in [-0.39, 0.29) is 12.3 Å². The van der Waals surface area contributed by atoms with E-state index in [1.165, 1.54) is 0 Å². The highest BCUT2D eigenvalue weighted by atomic mass is 19.4. The number of benzene rings is 1. The highest BCUT2D eigenvalue weighted by Gasteiger charge is 2.40. The topological polar surface area (TPSA) is 22.1 Å². The zero-order valence-corrected chi connectivity index (χ0v) is 11.7. The van der Waals surface area contributed by atoms with Crippen molar-refractivity contribution < 1.29 is 44.3 Å². The van der Waals surface area contributed by atoms with Crippen LogP contribution in [0.15, 0.2) is 36.5 Å². The van der Waals surface area contributed by atoms with E-state index in [0.717, 1.165) is 24.3 Å². The Balaban J connectivity index is 2.68. The van der Waals surface area contributed by atoms with E-state index in [0.29, 0.717) is 0 Å². The fourth-order valence-electron chi connectivity index (χ4n) is 1.93. The zero-order chi connectivity index (χ0) is 19.0. The number of alkyl halides is 9. The highest BCUT2D eigenvalue weighted by molar-refractivity contribution is 5.70. The van der Waals surface area contributed by atoms with Gasteiger partial charge in [0.25, 0.3) is 0 Å². The summed E-state index contributed by atoms with van der Waals surface area (Å²) in [5.41, 5.74) is -5.38. The number of halogens is 9. The van der Waals surface area contributed by atoms with E-state index in [4.69, 9.17) is 0 Å². The van der Waals surface area contributed by atoms with Gasteiger partial charge in [0.15, 0.2) is 0 Å². The molecular formula is C14H6F9NO. The molecule has 0 unspecified atom stereocenters. The van der Waals surface area contributed by atoms with Crippen LogP contribution in [0.2, 0.25) is 0 Å². The molecule has 2 rings (SSSR count). The molecule has 0 aliphatic rings. The van der Waals surface area contributed by atoms with Crippen LogP contribution in [0.1, 0.15) is 11.1 Å². The zero-order valence-electron chi connectivity index (χ0n) is 11.7. The molecular weight excluding hydrogens is 369 g/mol. The lowest BCUT2D eigenvalue weighted by Crippen LogP contribution is -2.18. The molecule has 0 radical (unpaired) electrons. The van der Waals surface area contributed by atoms with Gasteiger partial charge in [-0.3, -0.25) is 4.98 Å². The van der Waals surface area contributed by atoms with Crippen molar-refractivity contribution in [3.05, 3.63) is 47.7 Å². The summed E-state index contributed by atoms with van der Waals surface area (Å²) in [5, 5.41) is 0. The lowest BCUT2D eigenvalue weighted by atomic mass is 10.0. The monoisotopic (exact) mass is 375 g/mol. The molecule has 0 saturated carbocycles. The average Bonchev–Trinajstić information content (AvgIpc) is 2.43. The number of rotatable bonds is 2. The summed E-state index contributed by atoms with van der Waals surface area (Å²) in [7, 11) is 0. The molecule has 0 amide bonds. The van der Waals surface area contributed by atoms with Crippen molar-refractivity contribution in [1.29, 1.82) is 0 Å². The quantitative estimate of drug-likeness (QED) is 0.630. The van der Waals surface area contributed by atoms with Crippen molar-refractivity contribution in [2.45, 2.75) is 18.7 Å². The third-order valence-corrected chi connectivity index (χ3v) is 2.89. The fraction of sp³-hybridized carbons (Fsp3) is 0.214. The molecule has 0 spiro atoms. The second-order valence-corrected chi connectivity index (χ2v) is 4.66. The van der Waals surface area contributed by atoms with Crippen LogP contribution >= 0.6 is 0 Å². The summed E-state index contributed by atoms with van der Waals surface area (Å²) in [4.78, 5) is 3.09. The van der Waals surface area contributed by atoms with Gasteiger partial charge in [-0.2, -0.15) is 26.3 Å². The molecule has 25 heavy (non-hydrogen) atoms. The van der Waals surface area contributed by atoms with E-state index in [1.54, 1.807) is 0 Å². The summed E-state index contributed by atoms with van der Waals surface area (Å²) >= 11 is 0. The maximum atomic E-state index is 13.1. The molecule has 2 aromatic rings. The number of nitrogens with zero attached hydrogens (tertiary/aromatic N) is 1. The maximum Gasteiger partial charge on any atom is 0.573 e. The normalized spacial score (nSPS) is 13.0. The third-order valence-electron chi connectivity index (χ3n) is 2.89. The first kappa shape index (κ1) is 18.9. The lowest BCUT2D eigenvalue weighted by molar-refractivity contribution is -0.274. The predicted molar refractivity (Wildman–Crippen MR) is 66.4 cm³/mol. The number of hydrogen-bond donors (Lipinski definition) is 0. The molecule has 1 heterocycles. The molecule has 1 aromatic heterocycles. The standard InChI is InChI=1S/C14H6F9NO/c15-12(16,17)7-5-9(13(18,19)20)11(24-6-7)8-3-1-2-4-10(8)25-14(21,22)23/h1-6H. The molecule has 0 aliphatic carbocycles. The van der Waals surface area contributed by atoms with Crippen LogP contribution in [0.3, 0.4) is 0 Å². The van der Waals surface area contributed by atoms with Crippen LogP contribution in [0.4, 0.5) is 39.5 Å². The van der Waals surface area contributed by atoms with Crippen LogP contribution in [0.5, 0.6) is 5.75 Å². The molecule has 0 atom stereocenters.